The minimum absolute atomic E-state index is 0.131. The number of rotatable bonds is 6. The zero-order valence-electron chi connectivity index (χ0n) is 16.4. The van der Waals surface area contributed by atoms with Gasteiger partial charge in [-0.1, -0.05) is 12.8 Å². The molecule has 0 spiro atoms. The molecule has 0 N–H and O–H groups in total. The fourth-order valence-corrected chi connectivity index (χ4v) is 5.03. The second kappa shape index (κ2) is 9.16. The standard InChI is InChI=1S/C22H33N3O2/c26-22(19-7-11-23-12-8-19)25(17-21-6-3-15-27-21)16-18-9-13-24(14-10-18)20-4-1-2-5-20/h7-8,11-12,18,20-21H,1-6,9-10,13-17H2/t21-/m0/s1. The molecule has 5 nitrogen and oxygen atoms in total. The number of nitrogens with zero attached hydrogens (tertiary/aromatic N) is 3. The lowest BCUT2D eigenvalue weighted by Crippen LogP contribution is -2.45. The Morgan fingerprint density at radius 3 is 2.44 bits per heavy atom. The Morgan fingerprint density at radius 2 is 1.78 bits per heavy atom. The van der Waals surface area contributed by atoms with E-state index in [4.69, 9.17) is 4.74 Å². The minimum Gasteiger partial charge on any atom is -0.376 e. The molecule has 0 unspecified atom stereocenters. The van der Waals surface area contributed by atoms with Gasteiger partial charge in [0.1, 0.15) is 0 Å². The Labute approximate surface area is 163 Å². The lowest BCUT2D eigenvalue weighted by atomic mass is 9.94. The lowest BCUT2D eigenvalue weighted by molar-refractivity contribution is 0.0429. The normalized spacial score (nSPS) is 25.1. The highest BCUT2D eigenvalue weighted by atomic mass is 16.5. The van der Waals surface area contributed by atoms with E-state index in [1.807, 2.05) is 12.1 Å². The number of ether oxygens (including phenoxy) is 1. The average molecular weight is 372 g/mol. The van der Waals surface area contributed by atoms with Gasteiger partial charge >= 0.3 is 0 Å². The highest BCUT2D eigenvalue weighted by Gasteiger charge is 2.30. The fourth-order valence-electron chi connectivity index (χ4n) is 5.03. The van der Waals surface area contributed by atoms with E-state index < -0.39 is 0 Å². The molecule has 1 saturated carbocycles. The van der Waals surface area contributed by atoms with E-state index in [1.54, 1.807) is 12.4 Å². The number of hydrogen-bond acceptors (Lipinski definition) is 4. The summed E-state index contributed by atoms with van der Waals surface area (Å²) in [7, 11) is 0. The molecule has 1 atom stereocenters. The predicted octanol–water partition coefficient (Wildman–Crippen LogP) is 3.36. The second-order valence-corrected chi connectivity index (χ2v) is 8.50. The number of hydrogen-bond donors (Lipinski definition) is 0. The first kappa shape index (κ1) is 18.9. The molecule has 4 rings (SSSR count). The molecule has 2 aliphatic heterocycles. The molecule has 1 aromatic rings. The van der Waals surface area contributed by atoms with E-state index >= 15 is 0 Å². The smallest absolute Gasteiger partial charge is 0.254 e. The second-order valence-electron chi connectivity index (χ2n) is 8.50. The Bertz CT molecular complexity index is 589. The average Bonchev–Trinajstić information content (AvgIpc) is 3.42. The molecule has 0 aromatic carbocycles. The Hall–Kier alpha value is -1.46. The van der Waals surface area contributed by atoms with Crippen molar-refractivity contribution in [1.29, 1.82) is 0 Å². The van der Waals surface area contributed by atoms with Crippen LogP contribution in [0, 0.1) is 5.92 Å². The van der Waals surface area contributed by atoms with E-state index in [1.165, 1.54) is 51.6 Å². The SMILES string of the molecule is O=C(c1ccncc1)N(CC1CCN(C2CCCC2)CC1)C[C@@H]1CCCO1. The van der Waals surface area contributed by atoms with E-state index in [9.17, 15) is 4.79 Å². The summed E-state index contributed by atoms with van der Waals surface area (Å²) in [6.45, 7) is 4.82. The number of carbonyl (C=O) groups excluding carboxylic acids is 1. The first-order chi connectivity index (χ1) is 13.3. The lowest BCUT2D eigenvalue weighted by Gasteiger charge is -2.38. The topological polar surface area (TPSA) is 45.7 Å². The number of pyridine rings is 1. The van der Waals surface area contributed by atoms with Crippen LogP contribution < -0.4 is 0 Å². The summed E-state index contributed by atoms with van der Waals surface area (Å²) in [5.41, 5.74) is 0.742. The van der Waals surface area contributed by atoms with Crippen molar-refractivity contribution < 1.29 is 9.53 Å². The van der Waals surface area contributed by atoms with Gasteiger partial charge in [-0.05, 0) is 69.7 Å². The Kier molecular flexibility index (Phi) is 6.40. The van der Waals surface area contributed by atoms with Crippen LogP contribution in [0.3, 0.4) is 0 Å². The van der Waals surface area contributed by atoms with E-state index in [-0.39, 0.29) is 12.0 Å². The van der Waals surface area contributed by atoms with Crippen molar-refractivity contribution in [2.45, 2.75) is 63.5 Å². The van der Waals surface area contributed by atoms with Crippen molar-refractivity contribution >= 4 is 5.91 Å². The van der Waals surface area contributed by atoms with Crippen LogP contribution >= 0.6 is 0 Å². The van der Waals surface area contributed by atoms with Gasteiger partial charge in [0, 0.05) is 43.7 Å². The number of likely N-dealkylation sites (tertiary alicyclic amines) is 1. The molecule has 1 aliphatic carbocycles. The van der Waals surface area contributed by atoms with Gasteiger partial charge < -0.3 is 14.5 Å². The largest absolute Gasteiger partial charge is 0.376 e. The summed E-state index contributed by atoms with van der Waals surface area (Å²) >= 11 is 0. The Morgan fingerprint density at radius 1 is 1.04 bits per heavy atom. The third-order valence-electron chi connectivity index (χ3n) is 6.63. The molecule has 3 aliphatic rings. The summed E-state index contributed by atoms with van der Waals surface area (Å²) < 4.78 is 5.83. The van der Waals surface area contributed by atoms with E-state index in [0.29, 0.717) is 5.92 Å². The van der Waals surface area contributed by atoms with Gasteiger partial charge in [0.25, 0.3) is 5.91 Å². The highest BCUT2D eigenvalue weighted by molar-refractivity contribution is 5.94. The fraction of sp³-hybridized carbons (Fsp3) is 0.727. The minimum atomic E-state index is 0.131. The molecule has 0 bridgehead atoms. The van der Waals surface area contributed by atoms with Crippen LogP contribution in [0.15, 0.2) is 24.5 Å². The maximum absolute atomic E-state index is 13.1. The molecule has 27 heavy (non-hydrogen) atoms. The van der Waals surface area contributed by atoms with Crippen molar-refractivity contribution in [1.82, 2.24) is 14.8 Å². The maximum Gasteiger partial charge on any atom is 0.254 e. The van der Waals surface area contributed by atoms with Gasteiger partial charge in [-0.25, -0.2) is 0 Å². The zero-order valence-corrected chi connectivity index (χ0v) is 16.4. The van der Waals surface area contributed by atoms with Crippen molar-refractivity contribution in [3.05, 3.63) is 30.1 Å². The molecule has 2 saturated heterocycles. The van der Waals surface area contributed by atoms with Gasteiger partial charge in [-0.15, -0.1) is 0 Å². The van der Waals surface area contributed by atoms with Crippen LogP contribution in [0.4, 0.5) is 0 Å². The third kappa shape index (κ3) is 4.88. The van der Waals surface area contributed by atoms with Gasteiger partial charge in [0.05, 0.1) is 6.10 Å². The van der Waals surface area contributed by atoms with Crippen molar-refractivity contribution in [2.24, 2.45) is 5.92 Å². The van der Waals surface area contributed by atoms with Crippen LogP contribution in [-0.2, 0) is 4.74 Å². The van der Waals surface area contributed by atoms with Crippen molar-refractivity contribution in [2.75, 3.05) is 32.8 Å². The van der Waals surface area contributed by atoms with Crippen LogP contribution in [-0.4, -0.2) is 65.6 Å². The first-order valence-electron chi connectivity index (χ1n) is 10.8. The molecule has 1 aromatic heterocycles. The highest BCUT2D eigenvalue weighted by Crippen LogP contribution is 2.28. The monoisotopic (exact) mass is 371 g/mol. The van der Waals surface area contributed by atoms with Gasteiger partial charge in [0.2, 0.25) is 0 Å². The van der Waals surface area contributed by atoms with Crippen molar-refractivity contribution in [3.63, 3.8) is 0 Å². The number of carbonyl (C=O) groups is 1. The number of amides is 1. The molecule has 148 valence electrons. The summed E-state index contributed by atoms with van der Waals surface area (Å²) in [5, 5.41) is 0. The number of piperidine rings is 1. The summed E-state index contributed by atoms with van der Waals surface area (Å²) in [6.07, 6.45) is 13.8. The van der Waals surface area contributed by atoms with E-state index in [0.717, 1.165) is 44.1 Å². The molecular weight excluding hydrogens is 338 g/mol. The van der Waals surface area contributed by atoms with Gasteiger partial charge in [0.15, 0.2) is 0 Å². The molecule has 0 radical (unpaired) electrons. The van der Waals surface area contributed by atoms with Crippen LogP contribution in [0.1, 0.15) is 61.7 Å². The predicted molar refractivity (Wildman–Crippen MR) is 106 cm³/mol. The van der Waals surface area contributed by atoms with Crippen LogP contribution in [0.2, 0.25) is 0 Å². The third-order valence-corrected chi connectivity index (χ3v) is 6.63. The first-order valence-corrected chi connectivity index (χ1v) is 10.8. The molecule has 1 amide bonds. The Balaban J connectivity index is 1.36. The molecule has 5 heteroatoms. The maximum atomic E-state index is 13.1. The zero-order chi connectivity index (χ0) is 18.5. The summed E-state index contributed by atoms with van der Waals surface area (Å²) in [6, 6.07) is 4.48. The quantitative estimate of drug-likeness (QED) is 0.769. The van der Waals surface area contributed by atoms with Gasteiger partial charge in [-0.3, -0.25) is 9.78 Å². The number of aromatic nitrogens is 1. The molecule has 3 fully saturated rings. The molecule has 3 heterocycles. The van der Waals surface area contributed by atoms with Crippen LogP contribution in [0.25, 0.3) is 0 Å². The summed E-state index contributed by atoms with van der Waals surface area (Å²) in [4.78, 5) is 21.9. The summed E-state index contributed by atoms with van der Waals surface area (Å²) in [5.74, 6) is 0.737. The van der Waals surface area contributed by atoms with E-state index in [2.05, 4.69) is 14.8 Å². The van der Waals surface area contributed by atoms with Crippen LogP contribution in [0.5, 0.6) is 0 Å². The molecular formula is C22H33N3O2. The van der Waals surface area contributed by atoms with Gasteiger partial charge in [-0.2, -0.15) is 0 Å². The van der Waals surface area contributed by atoms with Crippen molar-refractivity contribution in [3.8, 4) is 0 Å².